The summed E-state index contributed by atoms with van der Waals surface area (Å²) < 4.78 is 24.5. The van der Waals surface area contributed by atoms with Crippen molar-refractivity contribution in [3.05, 3.63) is 35.9 Å². The predicted molar refractivity (Wildman–Crippen MR) is 93.8 cm³/mol. The smallest absolute Gasteiger partial charge is 0.211 e. The van der Waals surface area contributed by atoms with Gasteiger partial charge in [0.25, 0.3) is 0 Å². The van der Waals surface area contributed by atoms with Crippen molar-refractivity contribution in [2.45, 2.75) is 19.3 Å². The Balaban J connectivity index is 1.67. The average Bonchev–Trinajstić information content (AvgIpc) is 2.53. The minimum atomic E-state index is -3.06. The van der Waals surface area contributed by atoms with Crippen molar-refractivity contribution in [2.24, 2.45) is 16.6 Å². The molecule has 0 amide bonds. The molecule has 0 unspecified atom stereocenters. The van der Waals surface area contributed by atoms with Crippen LogP contribution in [0.2, 0.25) is 0 Å². The zero-order chi connectivity index (χ0) is 16.7. The van der Waals surface area contributed by atoms with Crippen LogP contribution in [-0.2, 0) is 16.4 Å². The van der Waals surface area contributed by atoms with Gasteiger partial charge in [-0.25, -0.2) is 12.7 Å². The largest absolute Gasteiger partial charge is 0.370 e. The number of nitrogens with zero attached hydrogens (tertiary/aromatic N) is 2. The molecule has 1 aromatic carbocycles. The average molecular weight is 338 g/mol. The lowest BCUT2D eigenvalue weighted by molar-refractivity contribution is 0.280. The summed E-state index contributed by atoms with van der Waals surface area (Å²) in [6, 6.07) is 10.2. The highest BCUT2D eigenvalue weighted by Crippen LogP contribution is 2.19. The van der Waals surface area contributed by atoms with Gasteiger partial charge in [-0.15, -0.1) is 0 Å². The van der Waals surface area contributed by atoms with E-state index in [1.807, 2.05) is 18.2 Å². The van der Waals surface area contributed by atoms with Gasteiger partial charge in [-0.1, -0.05) is 30.3 Å². The second-order valence-electron chi connectivity index (χ2n) is 5.99. The molecule has 0 atom stereocenters. The summed E-state index contributed by atoms with van der Waals surface area (Å²) in [6.07, 6.45) is 3.85. The first kappa shape index (κ1) is 17.7. The predicted octanol–water partition coefficient (Wildman–Crippen LogP) is 0.805. The van der Waals surface area contributed by atoms with Crippen LogP contribution < -0.4 is 11.1 Å². The number of nitrogens with two attached hydrogens (primary N) is 1. The molecule has 1 aromatic rings. The van der Waals surface area contributed by atoms with Gasteiger partial charge < -0.3 is 11.1 Å². The van der Waals surface area contributed by atoms with E-state index in [0.717, 1.165) is 25.8 Å². The number of nitrogens with one attached hydrogen (secondary N) is 1. The van der Waals surface area contributed by atoms with Gasteiger partial charge in [0, 0.05) is 26.2 Å². The standard InChI is InChI=1S/C16H26N4O2S/c1-23(21,22)20-11-8-15(9-12-20)13-19-16(17)18-10-7-14-5-3-2-4-6-14/h2-6,15H,7-13H2,1H3,(H3,17,18,19). The van der Waals surface area contributed by atoms with E-state index in [9.17, 15) is 8.42 Å². The van der Waals surface area contributed by atoms with E-state index in [1.165, 1.54) is 16.1 Å². The second kappa shape index (κ2) is 8.31. The molecule has 7 heteroatoms. The number of rotatable bonds is 6. The summed E-state index contributed by atoms with van der Waals surface area (Å²) in [5.74, 6) is 0.869. The van der Waals surface area contributed by atoms with Gasteiger partial charge in [-0.3, -0.25) is 4.99 Å². The maximum atomic E-state index is 11.5. The van der Waals surface area contributed by atoms with Gasteiger partial charge in [-0.05, 0) is 30.7 Å². The van der Waals surface area contributed by atoms with Gasteiger partial charge in [0.05, 0.1) is 6.26 Å². The van der Waals surface area contributed by atoms with Crippen LogP contribution in [-0.4, -0.2) is 51.1 Å². The molecule has 1 heterocycles. The Labute approximate surface area is 138 Å². The monoisotopic (exact) mass is 338 g/mol. The highest BCUT2D eigenvalue weighted by Gasteiger charge is 2.24. The Morgan fingerprint density at radius 3 is 2.57 bits per heavy atom. The first-order chi connectivity index (χ1) is 10.9. The molecule has 0 radical (unpaired) electrons. The molecule has 1 saturated heterocycles. The fourth-order valence-corrected chi connectivity index (χ4v) is 3.56. The Morgan fingerprint density at radius 1 is 1.30 bits per heavy atom. The van der Waals surface area contributed by atoms with E-state index in [1.54, 1.807) is 0 Å². The summed E-state index contributed by atoms with van der Waals surface area (Å²) in [7, 11) is -3.06. The van der Waals surface area contributed by atoms with Gasteiger partial charge in [0.2, 0.25) is 10.0 Å². The molecule has 2 rings (SSSR count). The number of piperidine rings is 1. The topological polar surface area (TPSA) is 87.8 Å². The molecule has 0 aliphatic carbocycles. The molecular formula is C16H26N4O2S. The molecule has 1 aliphatic heterocycles. The van der Waals surface area contributed by atoms with Gasteiger partial charge in [-0.2, -0.15) is 0 Å². The molecule has 6 nitrogen and oxygen atoms in total. The Morgan fingerprint density at radius 2 is 1.96 bits per heavy atom. The number of benzene rings is 1. The van der Waals surface area contributed by atoms with E-state index in [4.69, 9.17) is 5.73 Å². The summed E-state index contributed by atoms with van der Waals surface area (Å²) in [5.41, 5.74) is 7.15. The van der Waals surface area contributed by atoms with Crippen molar-refractivity contribution in [1.29, 1.82) is 0 Å². The maximum Gasteiger partial charge on any atom is 0.211 e. The highest BCUT2D eigenvalue weighted by molar-refractivity contribution is 7.88. The molecule has 0 saturated carbocycles. The Bertz CT molecular complexity index is 608. The zero-order valence-corrected chi connectivity index (χ0v) is 14.4. The van der Waals surface area contributed by atoms with E-state index in [-0.39, 0.29) is 0 Å². The minimum absolute atomic E-state index is 0.405. The lowest BCUT2D eigenvalue weighted by Crippen LogP contribution is -2.39. The second-order valence-corrected chi connectivity index (χ2v) is 7.98. The van der Waals surface area contributed by atoms with Crippen molar-refractivity contribution in [1.82, 2.24) is 9.62 Å². The lowest BCUT2D eigenvalue weighted by Gasteiger charge is -2.29. The number of hydrogen-bond acceptors (Lipinski definition) is 3. The molecule has 0 bridgehead atoms. The first-order valence-electron chi connectivity index (χ1n) is 7.98. The number of hydrogen-bond donors (Lipinski definition) is 2. The van der Waals surface area contributed by atoms with E-state index in [2.05, 4.69) is 22.4 Å². The van der Waals surface area contributed by atoms with Crippen LogP contribution in [0.5, 0.6) is 0 Å². The summed E-state index contributed by atoms with van der Waals surface area (Å²) in [6.45, 7) is 2.58. The van der Waals surface area contributed by atoms with Crippen LogP contribution in [0, 0.1) is 5.92 Å². The zero-order valence-electron chi connectivity index (χ0n) is 13.6. The molecule has 3 N–H and O–H groups in total. The van der Waals surface area contributed by atoms with Gasteiger partial charge in [0.15, 0.2) is 5.96 Å². The minimum Gasteiger partial charge on any atom is -0.370 e. The van der Waals surface area contributed by atoms with Crippen LogP contribution in [0.4, 0.5) is 0 Å². The third-order valence-corrected chi connectivity index (χ3v) is 5.43. The van der Waals surface area contributed by atoms with Gasteiger partial charge >= 0.3 is 0 Å². The third-order valence-electron chi connectivity index (χ3n) is 4.12. The van der Waals surface area contributed by atoms with E-state index >= 15 is 0 Å². The van der Waals surface area contributed by atoms with E-state index in [0.29, 0.717) is 31.5 Å². The molecular weight excluding hydrogens is 312 g/mol. The lowest BCUT2D eigenvalue weighted by atomic mass is 9.98. The van der Waals surface area contributed by atoms with E-state index < -0.39 is 10.0 Å². The van der Waals surface area contributed by atoms with Crippen LogP contribution in [0.25, 0.3) is 0 Å². The van der Waals surface area contributed by atoms with Crippen molar-refractivity contribution >= 4 is 16.0 Å². The summed E-state index contributed by atoms with van der Waals surface area (Å²) in [5, 5.41) is 3.13. The van der Waals surface area contributed by atoms with Crippen molar-refractivity contribution in [2.75, 3.05) is 32.4 Å². The fourth-order valence-electron chi connectivity index (χ4n) is 2.69. The third kappa shape index (κ3) is 6.19. The van der Waals surface area contributed by atoms with Crippen molar-refractivity contribution in [3.63, 3.8) is 0 Å². The first-order valence-corrected chi connectivity index (χ1v) is 9.83. The quantitative estimate of drug-likeness (QED) is 0.593. The molecule has 23 heavy (non-hydrogen) atoms. The molecule has 0 spiro atoms. The molecule has 1 aliphatic rings. The van der Waals surface area contributed by atoms with Crippen LogP contribution in [0.15, 0.2) is 35.3 Å². The van der Waals surface area contributed by atoms with Crippen molar-refractivity contribution in [3.8, 4) is 0 Å². The molecule has 128 valence electrons. The van der Waals surface area contributed by atoms with Crippen LogP contribution in [0.1, 0.15) is 18.4 Å². The summed E-state index contributed by atoms with van der Waals surface area (Å²) >= 11 is 0. The number of guanidine groups is 1. The number of aliphatic imine (C=N–C) groups is 1. The Hall–Kier alpha value is -1.60. The highest BCUT2D eigenvalue weighted by atomic mass is 32.2. The van der Waals surface area contributed by atoms with Gasteiger partial charge in [0.1, 0.15) is 0 Å². The SMILES string of the molecule is CS(=O)(=O)N1CCC(CN=C(N)NCCc2ccccc2)CC1. The fraction of sp³-hybridized carbons (Fsp3) is 0.562. The summed E-state index contributed by atoms with van der Waals surface area (Å²) in [4.78, 5) is 4.38. The molecule has 1 fully saturated rings. The molecule has 0 aromatic heterocycles. The van der Waals surface area contributed by atoms with Crippen LogP contribution >= 0.6 is 0 Å². The van der Waals surface area contributed by atoms with Crippen molar-refractivity contribution < 1.29 is 8.42 Å². The number of sulfonamides is 1. The normalized spacial score (nSPS) is 18.0. The van der Waals surface area contributed by atoms with Crippen LogP contribution in [0.3, 0.4) is 0 Å². The maximum absolute atomic E-state index is 11.5. The Kier molecular flexibility index (Phi) is 6.41.